The van der Waals surface area contributed by atoms with Gasteiger partial charge in [-0.15, -0.1) is 0 Å². The molecule has 0 N–H and O–H groups in total. The number of allylic oxidation sites excluding steroid dienone is 12. The van der Waals surface area contributed by atoms with Gasteiger partial charge in [-0.05, 0) is 34.4 Å². The first-order valence-electron chi connectivity index (χ1n) is 9.37. The van der Waals surface area contributed by atoms with Gasteiger partial charge in [-0.1, -0.05) is 106 Å². The highest BCUT2D eigenvalue weighted by molar-refractivity contribution is 6.38. The van der Waals surface area contributed by atoms with E-state index in [9.17, 15) is 0 Å². The number of aliphatic imine (C=N–C) groups is 2. The Morgan fingerprint density at radius 3 is 2.13 bits per heavy atom. The van der Waals surface area contributed by atoms with Gasteiger partial charge in [0.25, 0.3) is 0 Å². The van der Waals surface area contributed by atoms with Crippen molar-refractivity contribution >= 4 is 17.5 Å². The number of hydrogen-bond acceptors (Lipinski definition) is 2. The van der Waals surface area contributed by atoms with Gasteiger partial charge in [-0.3, -0.25) is 9.98 Å². The smallest absolute Gasteiger partial charge is 0.0884 e. The summed E-state index contributed by atoms with van der Waals surface area (Å²) in [6, 6.07) is 8.02. The first kappa shape index (κ1) is 24.0. The first-order valence-corrected chi connectivity index (χ1v) is 9.37. The molecule has 0 atom stereocenters. The zero-order valence-corrected chi connectivity index (χ0v) is 17.4. The molecule has 0 spiro atoms. The Labute approximate surface area is 180 Å². The molecule has 30 heavy (non-hydrogen) atoms. The molecule has 150 valence electrons. The van der Waals surface area contributed by atoms with Gasteiger partial charge < -0.3 is 0 Å². The summed E-state index contributed by atoms with van der Waals surface area (Å²) in [4.78, 5) is 8.40. The van der Waals surface area contributed by atoms with Gasteiger partial charge in [0.1, 0.15) is 0 Å². The predicted octanol–water partition coefficient (Wildman–Crippen LogP) is 7.37. The van der Waals surface area contributed by atoms with E-state index in [0.29, 0.717) is 5.71 Å². The molecule has 1 aromatic carbocycles. The van der Waals surface area contributed by atoms with E-state index in [-0.39, 0.29) is 0 Å². The van der Waals surface area contributed by atoms with Crippen LogP contribution in [0.15, 0.2) is 152 Å². The van der Waals surface area contributed by atoms with Gasteiger partial charge in [0, 0.05) is 18.0 Å². The number of benzene rings is 1. The molecule has 2 heteroatoms. The van der Waals surface area contributed by atoms with Crippen LogP contribution in [0.2, 0.25) is 0 Å². The zero-order valence-electron chi connectivity index (χ0n) is 17.4. The molecule has 0 aliphatic carbocycles. The van der Waals surface area contributed by atoms with Gasteiger partial charge in [0.05, 0.1) is 11.9 Å². The summed E-state index contributed by atoms with van der Waals surface area (Å²) in [5, 5.41) is 0. The molecule has 0 aliphatic heterocycles. The van der Waals surface area contributed by atoms with Crippen molar-refractivity contribution < 1.29 is 0 Å². The summed E-state index contributed by atoms with van der Waals surface area (Å²) in [5.74, 6) is 0. The van der Waals surface area contributed by atoms with Crippen molar-refractivity contribution in [3.8, 4) is 0 Å². The van der Waals surface area contributed by atoms with E-state index in [1.807, 2.05) is 54.6 Å². The molecule has 0 radical (unpaired) electrons. The van der Waals surface area contributed by atoms with Crippen LogP contribution in [0, 0.1) is 0 Å². The fourth-order valence-electron chi connectivity index (χ4n) is 2.59. The summed E-state index contributed by atoms with van der Waals surface area (Å²) in [6.07, 6.45) is 21.4. The molecule has 0 saturated heterocycles. The highest BCUT2D eigenvalue weighted by Gasteiger charge is 2.06. The van der Waals surface area contributed by atoms with Crippen molar-refractivity contribution in [1.82, 2.24) is 0 Å². The lowest BCUT2D eigenvalue weighted by molar-refractivity contribution is 1.51. The highest BCUT2D eigenvalue weighted by Crippen LogP contribution is 2.24. The normalized spacial score (nSPS) is 13.3. The molecule has 1 rings (SSSR count). The fourth-order valence-corrected chi connectivity index (χ4v) is 2.59. The minimum Gasteiger partial charge on any atom is -0.263 e. The molecular formula is C28H28N2. The second kappa shape index (κ2) is 14.0. The molecule has 0 amide bonds. The predicted molar refractivity (Wildman–Crippen MR) is 136 cm³/mol. The summed E-state index contributed by atoms with van der Waals surface area (Å²) >= 11 is 0. The summed E-state index contributed by atoms with van der Waals surface area (Å²) in [7, 11) is 0. The van der Waals surface area contributed by atoms with Crippen molar-refractivity contribution in [2.45, 2.75) is 0 Å². The third-order valence-electron chi connectivity index (χ3n) is 3.90. The first-order chi connectivity index (χ1) is 14.6. The Balaban J connectivity index is 3.57. The van der Waals surface area contributed by atoms with Crippen molar-refractivity contribution in [2.75, 3.05) is 0 Å². The molecular weight excluding hydrogens is 364 g/mol. The molecule has 0 saturated carbocycles. The standard InChI is InChI=1S/C28H28N2/c1-7-13-17-24(15-8-2)23(10-4)20-25(16-9-3)26-18-14-19-27(21-26)28(30-12-6)22-29-11-5/h7-22H,1-6H2/b17-13-,23-20+,24-15+,25-16+,29-22?,30-28?. The minimum atomic E-state index is 0.693. The molecule has 0 heterocycles. The molecule has 0 aliphatic rings. The van der Waals surface area contributed by atoms with Crippen LogP contribution in [-0.2, 0) is 0 Å². The lowest BCUT2D eigenvalue weighted by Gasteiger charge is -2.09. The van der Waals surface area contributed by atoms with E-state index in [0.717, 1.165) is 27.8 Å². The highest BCUT2D eigenvalue weighted by atomic mass is 14.7. The second-order valence-electron chi connectivity index (χ2n) is 5.85. The van der Waals surface area contributed by atoms with Gasteiger partial charge >= 0.3 is 0 Å². The molecule has 0 unspecified atom stereocenters. The topological polar surface area (TPSA) is 24.7 Å². The van der Waals surface area contributed by atoms with Crippen molar-refractivity contribution in [3.63, 3.8) is 0 Å². The van der Waals surface area contributed by atoms with Gasteiger partial charge in [0.2, 0.25) is 0 Å². The molecule has 0 aromatic heterocycles. The lowest BCUT2D eigenvalue weighted by Crippen LogP contribution is -2.02. The summed E-state index contributed by atoms with van der Waals surface area (Å²) in [6.45, 7) is 22.7. The van der Waals surface area contributed by atoms with E-state index >= 15 is 0 Å². The Bertz CT molecular complexity index is 989. The van der Waals surface area contributed by atoms with E-state index in [2.05, 4.69) is 55.5 Å². The third kappa shape index (κ3) is 7.53. The average molecular weight is 393 g/mol. The Kier molecular flexibility index (Phi) is 11.2. The van der Waals surface area contributed by atoms with E-state index in [4.69, 9.17) is 0 Å². The SMILES string of the molecule is C=C\C=C/C(=C\C=C)C(/C=C)=C/C(=C\C=C)c1cccc(C(C=NC=C)=NC=C)c1. The number of nitrogens with zero attached hydrogens (tertiary/aromatic N) is 2. The van der Waals surface area contributed by atoms with Crippen LogP contribution in [-0.4, -0.2) is 11.9 Å². The molecule has 1 aromatic rings. The quantitative estimate of drug-likeness (QED) is 0.262. The lowest BCUT2D eigenvalue weighted by atomic mass is 9.96. The monoisotopic (exact) mass is 392 g/mol. The van der Waals surface area contributed by atoms with Crippen LogP contribution < -0.4 is 0 Å². The van der Waals surface area contributed by atoms with E-state index in [1.165, 1.54) is 12.4 Å². The van der Waals surface area contributed by atoms with Crippen molar-refractivity contribution in [2.24, 2.45) is 9.98 Å². The second-order valence-corrected chi connectivity index (χ2v) is 5.85. The van der Waals surface area contributed by atoms with E-state index in [1.54, 1.807) is 24.4 Å². The maximum absolute atomic E-state index is 4.32. The average Bonchev–Trinajstić information content (AvgIpc) is 2.77. The molecule has 0 fully saturated rings. The van der Waals surface area contributed by atoms with Crippen LogP contribution in [0.4, 0.5) is 0 Å². The van der Waals surface area contributed by atoms with Gasteiger partial charge in [-0.2, -0.15) is 0 Å². The summed E-state index contributed by atoms with van der Waals surface area (Å²) in [5.41, 5.74) is 5.50. The van der Waals surface area contributed by atoms with Gasteiger partial charge in [-0.25, -0.2) is 0 Å². The maximum atomic E-state index is 4.32. The van der Waals surface area contributed by atoms with Gasteiger partial charge in [0.15, 0.2) is 0 Å². The zero-order chi connectivity index (χ0) is 22.2. The number of hydrogen-bond donors (Lipinski definition) is 0. The van der Waals surface area contributed by atoms with Crippen LogP contribution >= 0.6 is 0 Å². The van der Waals surface area contributed by atoms with Crippen molar-refractivity contribution in [3.05, 3.63) is 153 Å². The maximum Gasteiger partial charge on any atom is 0.0884 e. The molecule has 0 bridgehead atoms. The molecule has 2 nitrogen and oxygen atoms in total. The Morgan fingerprint density at radius 1 is 0.800 bits per heavy atom. The Morgan fingerprint density at radius 2 is 1.53 bits per heavy atom. The van der Waals surface area contributed by atoms with Crippen LogP contribution in [0.5, 0.6) is 0 Å². The fraction of sp³-hybridized carbons (Fsp3) is 0. The van der Waals surface area contributed by atoms with Crippen molar-refractivity contribution in [1.29, 1.82) is 0 Å². The largest absolute Gasteiger partial charge is 0.263 e. The van der Waals surface area contributed by atoms with Crippen LogP contribution in [0.3, 0.4) is 0 Å². The van der Waals surface area contributed by atoms with Crippen LogP contribution in [0.1, 0.15) is 11.1 Å². The van der Waals surface area contributed by atoms with E-state index < -0.39 is 0 Å². The Hall–Kier alpha value is -4.04. The number of rotatable bonds is 12. The summed E-state index contributed by atoms with van der Waals surface area (Å²) < 4.78 is 0. The van der Waals surface area contributed by atoms with Crippen LogP contribution in [0.25, 0.3) is 5.57 Å². The third-order valence-corrected chi connectivity index (χ3v) is 3.90. The minimum absolute atomic E-state index is 0.693.